The predicted molar refractivity (Wildman–Crippen MR) is 82.6 cm³/mol. The topological polar surface area (TPSA) is 50.1 Å². The summed E-state index contributed by atoms with van der Waals surface area (Å²) in [6.45, 7) is 8.86. The van der Waals surface area contributed by atoms with Gasteiger partial charge in [0.1, 0.15) is 0 Å². The zero-order valence-electron chi connectivity index (χ0n) is 11.6. The minimum absolute atomic E-state index is 0.443. The lowest BCUT2D eigenvalue weighted by Gasteiger charge is -2.20. The second-order valence-corrected chi connectivity index (χ2v) is 5.64. The molecular weight excluding hydrogens is 242 g/mol. The fourth-order valence-corrected chi connectivity index (χ4v) is 2.29. The Hall–Kier alpha value is -1.13. The molecule has 4 N–H and O–H groups in total. The van der Waals surface area contributed by atoms with Crippen LogP contribution in [0.15, 0.2) is 18.2 Å². The molecule has 0 spiro atoms. The van der Waals surface area contributed by atoms with E-state index in [0.717, 1.165) is 12.1 Å². The Morgan fingerprint density at radius 2 is 1.94 bits per heavy atom. The summed E-state index contributed by atoms with van der Waals surface area (Å²) < 4.78 is 0. The molecule has 0 heterocycles. The number of thiocarbonyl (C=S) groups is 1. The molecule has 1 aromatic rings. The number of rotatable bonds is 4. The van der Waals surface area contributed by atoms with E-state index in [0.29, 0.717) is 16.9 Å². The third-order valence-corrected chi connectivity index (χ3v) is 3.00. The van der Waals surface area contributed by atoms with Gasteiger partial charge in [0.2, 0.25) is 0 Å². The van der Waals surface area contributed by atoms with Gasteiger partial charge in [-0.2, -0.15) is 0 Å². The first kappa shape index (κ1) is 14.9. The van der Waals surface area contributed by atoms with Crippen LogP contribution in [0, 0.1) is 5.92 Å². The maximum atomic E-state index is 5.31. The molecule has 0 aliphatic heterocycles. The number of hydrogen-bond donors (Lipinski definition) is 3. The molecule has 0 radical (unpaired) electrons. The zero-order chi connectivity index (χ0) is 13.7. The molecule has 1 rings (SSSR count). The van der Waals surface area contributed by atoms with Gasteiger partial charge in [-0.3, -0.25) is 0 Å². The molecule has 0 aliphatic carbocycles. The van der Waals surface area contributed by atoms with Crippen LogP contribution in [-0.2, 0) is 6.42 Å². The number of anilines is 1. The molecule has 0 bridgehead atoms. The maximum absolute atomic E-state index is 5.31. The lowest BCUT2D eigenvalue weighted by Crippen LogP contribution is -2.34. The second kappa shape index (κ2) is 6.71. The molecule has 0 saturated carbocycles. The highest BCUT2D eigenvalue weighted by atomic mass is 32.1. The highest BCUT2D eigenvalue weighted by Crippen LogP contribution is 2.29. The third kappa shape index (κ3) is 3.96. The van der Waals surface area contributed by atoms with Gasteiger partial charge in [0.15, 0.2) is 5.11 Å². The molecule has 18 heavy (non-hydrogen) atoms. The van der Waals surface area contributed by atoms with Gasteiger partial charge in [-0.25, -0.2) is 5.84 Å². The molecule has 4 heteroatoms. The van der Waals surface area contributed by atoms with Gasteiger partial charge in [0.25, 0.3) is 0 Å². The Labute approximate surface area is 115 Å². The first-order valence-electron chi connectivity index (χ1n) is 6.35. The first-order valence-corrected chi connectivity index (χ1v) is 6.75. The number of benzene rings is 1. The second-order valence-electron chi connectivity index (χ2n) is 5.23. The van der Waals surface area contributed by atoms with Crippen LogP contribution in [0.3, 0.4) is 0 Å². The largest absolute Gasteiger partial charge is 0.331 e. The molecule has 0 amide bonds. The summed E-state index contributed by atoms with van der Waals surface area (Å²) in [4.78, 5) is 0. The molecule has 1 aromatic carbocycles. The van der Waals surface area contributed by atoms with E-state index in [-0.39, 0.29) is 0 Å². The standard InChI is InChI=1S/C14H23N3S/c1-9(2)8-11-6-5-7-12(13(11)10(3)4)16-14(18)17-15/h5-7,9-10H,8,15H2,1-4H3,(H2,16,17,18). The van der Waals surface area contributed by atoms with Crippen LogP contribution in [0.4, 0.5) is 5.69 Å². The Kier molecular flexibility index (Phi) is 5.56. The minimum atomic E-state index is 0.443. The lowest BCUT2D eigenvalue weighted by atomic mass is 9.90. The Morgan fingerprint density at radius 3 is 2.44 bits per heavy atom. The van der Waals surface area contributed by atoms with Crippen molar-refractivity contribution >= 4 is 23.0 Å². The van der Waals surface area contributed by atoms with Crippen LogP contribution in [0.5, 0.6) is 0 Å². The average molecular weight is 265 g/mol. The fourth-order valence-electron chi connectivity index (χ4n) is 2.18. The van der Waals surface area contributed by atoms with Crippen LogP contribution in [0.1, 0.15) is 44.7 Å². The van der Waals surface area contributed by atoms with E-state index in [1.54, 1.807) is 0 Å². The fraction of sp³-hybridized carbons (Fsp3) is 0.500. The molecular formula is C14H23N3S. The maximum Gasteiger partial charge on any atom is 0.185 e. The monoisotopic (exact) mass is 265 g/mol. The molecule has 0 aromatic heterocycles. The third-order valence-electron chi connectivity index (χ3n) is 2.78. The number of hydrogen-bond acceptors (Lipinski definition) is 2. The molecule has 0 unspecified atom stereocenters. The van der Waals surface area contributed by atoms with Crippen molar-refractivity contribution in [1.82, 2.24) is 5.43 Å². The van der Waals surface area contributed by atoms with Crippen molar-refractivity contribution in [2.45, 2.75) is 40.0 Å². The summed E-state index contributed by atoms with van der Waals surface area (Å²) in [5, 5.41) is 3.59. The Bertz CT molecular complexity index is 414. The van der Waals surface area contributed by atoms with Crippen LogP contribution < -0.4 is 16.6 Å². The summed E-state index contributed by atoms with van der Waals surface area (Å²) in [7, 11) is 0. The van der Waals surface area contributed by atoms with Crippen LogP contribution in [-0.4, -0.2) is 5.11 Å². The van der Waals surface area contributed by atoms with E-state index in [9.17, 15) is 0 Å². The van der Waals surface area contributed by atoms with E-state index in [1.165, 1.54) is 11.1 Å². The van der Waals surface area contributed by atoms with Crippen LogP contribution >= 0.6 is 12.2 Å². The smallest absolute Gasteiger partial charge is 0.185 e. The molecule has 100 valence electrons. The van der Waals surface area contributed by atoms with E-state index in [1.807, 2.05) is 6.07 Å². The average Bonchev–Trinajstić information content (AvgIpc) is 2.27. The van der Waals surface area contributed by atoms with E-state index >= 15 is 0 Å². The van der Waals surface area contributed by atoms with Crippen molar-refractivity contribution in [1.29, 1.82) is 0 Å². The van der Waals surface area contributed by atoms with Gasteiger partial charge in [-0.15, -0.1) is 0 Å². The van der Waals surface area contributed by atoms with Crippen molar-refractivity contribution in [2.24, 2.45) is 11.8 Å². The normalized spacial score (nSPS) is 10.8. The Morgan fingerprint density at radius 1 is 1.28 bits per heavy atom. The lowest BCUT2D eigenvalue weighted by molar-refractivity contribution is 0.639. The van der Waals surface area contributed by atoms with Crippen molar-refractivity contribution < 1.29 is 0 Å². The summed E-state index contributed by atoms with van der Waals surface area (Å²) >= 11 is 5.07. The highest BCUT2D eigenvalue weighted by Gasteiger charge is 2.13. The first-order chi connectivity index (χ1) is 8.45. The van der Waals surface area contributed by atoms with Crippen LogP contribution in [0.25, 0.3) is 0 Å². The van der Waals surface area contributed by atoms with E-state index < -0.39 is 0 Å². The van der Waals surface area contributed by atoms with Gasteiger partial charge in [0, 0.05) is 5.69 Å². The number of nitrogens with two attached hydrogens (primary N) is 1. The molecule has 0 saturated heterocycles. The SMILES string of the molecule is CC(C)Cc1cccc(NC(=S)NN)c1C(C)C. The quantitative estimate of drug-likeness (QED) is 0.445. The summed E-state index contributed by atoms with van der Waals surface area (Å²) in [6.07, 6.45) is 1.08. The van der Waals surface area contributed by atoms with Crippen molar-refractivity contribution in [3.8, 4) is 0 Å². The summed E-state index contributed by atoms with van der Waals surface area (Å²) in [5.74, 6) is 6.39. The van der Waals surface area contributed by atoms with Gasteiger partial charge in [-0.05, 0) is 47.7 Å². The van der Waals surface area contributed by atoms with Gasteiger partial charge in [-0.1, -0.05) is 39.8 Å². The molecule has 3 nitrogen and oxygen atoms in total. The number of nitrogens with one attached hydrogen (secondary N) is 2. The summed E-state index contributed by atoms with van der Waals surface area (Å²) in [6, 6.07) is 6.30. The van der Waals surface area contributed by atoms with E-state index in [2.05, 4.69) is 50.6 Å². The van der Waals surface area contributed by atoms with Gasteiger partial charge < -0.3 is 10.7 Å². The summed E-state index contributed by atoms with van der Waals surface area (Å²) in [5.41, 5.74) is 6.21. The number of hydrazine groups is 1. The zero-order valence-corrected chi connectivity index (χ0v) is 12.4. The Balaban J connectivity index is 3.13. The van der Waals surface area contributed by atoms with Crippen LogP contribution in [0.2, 0.25) is 0 Å². The van der Waals surface area contributed by atoms with Gasteiger partial charge >= 0.3 is 0 Å². The molecule has 0 fully saturated rings. The van der Waals surface area contributed by atoms with E-state index in [4.69, 9.17) is 18.1 Å². The molecule has 0 aliphatic rings. The van der Waals surface area contributed by atoms with Gasteiger partial charge in [0.05, 0.1) is 0 Å². The highest BCUT2D eigenvalue weighted by molar-refractivity contribution is 7.80. The molecule has 0 atom stereocenters. The van der Waals surface area contributed by atoms with Crippen molar-refractivity contribution in [3.05, 3.63) is 29.3 Å². The minimum Gasteiger partial charge on any atom is -0.331 e. The van der Waals surface area contributed by atoms with Crippen molar-refractivity contribution in [3.63, 3.8) is 0 Å². The predicted octanol–water partition coefficient (Wildman–Crippen LogP) is 3.17. The van der Waals surface area contributed by atoms with Crippen molar-refractivity contribution in [2.75, 3.05) is 5.32 Å².